The first kappa shape index (κ1) is 13.1. The Morgan fingerprint density at radius 2 is 2.16 bits per heavy atom. The summed E-state index contributed by atoms with van der Waals surface area (Å²) in [5.41, 5.74) is -0.389. The van der Waals surface area contributed by atoms with Crippen LogP contribution in [0.25, 0.3) is 0 Å². The molecule has 0 aliphatic rings. The van der Waals surface area contributed by atoms with Crippen LogP contribution >= 0.6 is 0 Å². The third-order valence-corrected chi connectivity index (χ3v) is 3.07. The van der Waals surface area contributed by atoms with Gasteiger partial charge >= 0.3 is 0 Å². The number of hydrogen-bond acceptors (Lipinski definition) is 5. The van der Waals surface area contributed by atoms with Crippen molar-refractivity contribution in [2.75, 3.05) is 5.32 Å². The Kier molecular flexibility index (Phi) is 3.27. The van der Waals surface area contributed by atoms with Gasteiger partial charge in [0.1, 0.15) is 5.82 Å². The summed E-state index contributed by atoms with van der Waals surface area (Å²) < 4.78 is 35.7. The topological polar surface area (TPSA) is 131 Å². The largest absolute Gasteiger partial charge is 0.318 e. The molecule has 0 saturated carbocycles. The van der Waals surface area contributed by atoms with Crippen LogP contribution in [0.1, 0.15) is 10.5 Å². The molecular weight excluding hydrogens is 277 g/mol. The lowest BCUT2D eigenvalue weighted by molar-refractivity contribution is 0.102. The number of anilines is 1. The molecule has 0 aliphatic heterocycles. The maximum absolute atomic E-state index is 13.5. The van der Waals surface area contributed by atoms with Crippen molar-refractivity contribution in [3.63, 3.8) is 0 Å². The summed E-state index contributed by atoms with van der Waals surface area (Å²) in [5, 5.41) is 16.2. The van der Waals surface area contributed by atoms with Gasteiger partial charge in [0, 0.05) is 0 Å². The molecule has 2 rings (SSSR count). The fourth-order valence-electron chi connectivity index (χ4n) is 1.27. The second-order valence-corrected chi connectivity index (χ2v) is 5.06. The normalized spacial score (nSPS) is 11.3. The van der Waals surface area contributed by atoms with E-state index < -0.39 is 21.7 Å². The van der Waals surface area contributed by atoms with Crippen LogP contribution in [0.15, 0.2) is 29.3 Å². The zero-order valence-corrected chi connectivity index (χ0v) is 10.1. The van der Waals surface area contributed by atoms with Gasteiger partial charge in [-0.25, -0.2) is 17.9 Å². The summed E-state index contributed by atoms with van der Waals surface area (Å²) in [6.45, 7) is 0. The zero-order chi connectivity index (χ0) is 14.0. The van der Waals surface area contributed by atoms with Gasteiger partial charge in [-0.15, -0.1) is 0 Å². The van der Waals surface area contributed by atoms with E-state index in [2.05, 4.69) is 20.7 Å². The van der Waals surface area contributed by atoms with Gasteiger partial charge < -0.3 is 5.32 Å². The van der Waals surface area contributed by atoms with E-state index in [9.17, 15) is 17.6 Å². The Morgan fingerprint density at radius 3 is 2.74 bits per heavy atom. The summed E-state index contributed by atoms with van der Waals surface area (Å²) >= 11 is 0. The smallest absolute Gasteiger partial charge is 0.277 e. The number of primary sulfonamides is 1. The Hall–Kier alpha value is -2.33. The van der Waals surface area contributed by atoms with Crippen LogP contribution in [0.4, 0.5) is 10.1 Å². The number of H-pyrrole nitrogens is 1. The number of amides is 1. The highest BCUT2D eigenvalue weighted by molar-refractivity contribution is 7.89. The van der Waals surface area contributed by atoms with Crippen LogP contribution in [-0.4, -0.2) is 29.7 Å². The summed E-state index contributed by atoms with van der Waals surface area (Å²) in [5.74, 6) is -1.54. The third-order valence-electron chi connectivity index (χ3n) is 2.16. The zero-order valence-electron chi connectivity index (χ0n) is 9.29. The van der Waals surface area contributed by atoms with E-state index in [1.165, 1.54) is 0 Å². The van der Waals surface area contributed by atoms with Gasteiger partial charge in [0.05, 0.1) is 16.8 Å². The lowest BCUT2D eigenvalue weighted by Crippen LogP contribution is -2.16. The number of carbonyl (C=O) groups excluding carboxylic acids is 1. The number of carbonyl (C=O) groups is 1. The highest BCUT2D eigenvalue weighted by atomic mass is 32.2. The maximum Gasteiger partial charge on any atom is 0.277 e. The van der Waals surface area contributed by atoms with Gasteiger partial charge in [-0.2, -0.15) is 15.4 Å². The first-order valence-corrected chi connectivity index (χ1v) is 6.42. The Morgan fingerprint density at radius 1 is 1.42 bits per heavy atom. The molecule has 2 aromatic rings. The number of hydrogen-bond donors (Lipinski definition) is 3. The van der Waals surface area contributed by atoms with Gasteiger partial charge in [-0.05, 0) is 18.2 Å². The summed E-state index contributed by atoms with van der Waals surface area (Å²) in [6.07, 6.45) is 1.14. The van der Waals surface area contributed by atoms with Crippen LogP contribution in [-0.2, 0) is 10.0 Å². The van der Waals surface area contributed by atoms with Crippen LogP contribution < -0.4 is 10.5 Å². The number of nitrogens with one attached hydrogen (secondary N) is 2. The minimum atomic E-state index is -3.98. The molecule has 0 unspecified atom stereocenters. The second kappa shape index (κ2) is 4.74. The molecule has 100 valence electrons. The summed E-state index contributed by atoms with van der Waals surface area (Å²) in [4.78, 5) is 11.3. The monoisotopic (exact) mass is 285 g/mol. The molecule has 0 bridgehead atoms. The molecule has 1 heterocycles. The van der Waals surface area contributed by atoms with Crippen molar-refractivity contribution in [1.82, 2.24) is 15.4 Å². The third kappa shape index (κ3) is 2.92. The number of aromatic amines is 1. The van der Waals surface area contributed by atoms with Crippen molar-refractivity contribution < 1.29 is 17.6 Å². The molecule has 1 aromatic carbocycles. The van der Waals surface area contributed by atoms with Gasteiger partial charge in [0.25, 0.3) is 5.91 Å². The fraction of sp³-hybridized carbons (Fsp3) is 0. The van der Waals surface area contributed by atoms with E-state index in [4.69, 9.17) is 5.14 Å². The van der Waals surface area contributed by atoms with Crippen LogP contribution in [0.2, 0.25) is 0 Å². The average Bonchev–Trinajstić information content (AvgIpc) is 2.84. The average molecular weight is 285 g/mol. The Labute approximate surface area is 106 Å². The molecule has 0 spiro atoms. The predicted octanol–water partition coefficient (Wildman–Crippen LogP) is -0.157. The number of aromatic nitrogens is 3. The van der Waals surface area contributed by atoms with Crippen molar-refractivity contribution in [2.24, 2.45) is 5.14 Å². The van der Waals surface area contributed by atoms with Gasteiger partial charge in [-0.1, -0.05) is 0 Å². The highest BCUT2D eigenvalue weighted by Crippen LogP contribution is 2.19. The molecule has 8 nitrogen and oxygen atoms in total. The molecule has 19 heavy (non-hydrogen) atoms. The maximum atomic E-state index is 13.5. The highest BCUT2D eigenvalue weighted by Gasteiger charge is 2.15. The SMILES string of the molecule is NS(=O)(=O)c1ccc(F)c(NC(=O)c2cn[nH]n2)c1. The van der Waals surface area contributed by atoms with Crippen LogP contribution in [0, 0.1) is 5.82 Å². The number of sulfonamides is 1. The number of benzene rings is 1. The molecule has 4 N–H and O–H groups in total. The van der Waals surface area contributed by atoms with E-state index in [1.54, 1.807) is 0 Å². The van der Waals surface area contributed by atoms with Crippen molar-refractivity contribution in [3.8, 4) is 0 Å². The van der Waals surface area contributed by atoms with E-state index in [0.717, 1.165) is 24.4 Å². The van der Waals surface area contributed by atoms with E-state index >= 15 is 0 Å². The lowest BCUT2D eigenvalue weighted by atomic mass is 10.3. The Bertz CT molecular complexity index is 713. The number of halogens is 1. The first-order chi connectivity index (χ1) is 8.88. The lowest BCUT2D eigenvalue weighted by Gasteiger charge is -2.06. The van der Waals surface area contributed by atoms with Crippen molar-refractivity contribution in [1.29, 1.82) is 0 Å². The summed E-state index contributed by atoms with van der Waals surface area (Å²) in [7, 11) is -3.98. The quantitative estimate of drug-likeness (QED) is 0.721. The predicted molar refractivity (Wildman–Crippen MR) is 62.1 cm³/mol. The standard InChI is InChI=1S/C9H8FN5O3S/c10-6-2-1-5(19(11,17)18)3-7(6)13-9(16)8-4-12-15-14-8/h1-4H,(H,13,16)(H2,11,17,18)(H,12,14,15). The molecule has 0 fully saturated rings. The van der Waals surface area contributed by atoms with Crippen LogP contribution in [0.5, 0.6) is 0 Å². The Balaban J connectivity index is 2.32. The molecule has 0 radical (unpaired) electrons. The van der Waals surface area contributed by atoms with E-state index in [1.807, 2.05) is 0 Å². The molecule has 0 saturated heterocycles. The number of rotatable bonds is 3. The van der Waals surface area contributed by atoms with Crippen LogP contribution in [0.3, 0.4) is 0 Å². The molecule has 10 heteroatoms. The molecule has 1 aromatic heterocycles. The van der Waals surface area contributed by atoms with Gasteiger partial charge in [0.2, 0.25) is 10.0 Å². The van der Waals surface area contributed by atoms with Crippen molar-refractivity contribution in [2.45, 2.75) is 4.90 Å². The minimum absolute atomic E-state index is 0.0691. The molecular formula is C9H8FN5O3S. The molecule has 1 amide bonds. The van der Waals surface area contributed by atoms with E-state index in [0.29, 0.717) is 0 Å². The first-order valence-electron chi connectivity index (χ1n) is 4.87. The van der Waals surface area contributed by atoms with Crippen molar-refractivity contribution in [3.05, 3.63) is 35.9 Å². The van der Waals surface area contributed by atoms with Gasteiger partial charge in [-0.3, -0.25) is 4.79 Å². The fourth-order valence-corrected chi connectivity index (χ4v) is 1.81. The second-order valence-electron chi connectivity index (χ2n) is 3.50. The van der Waals surface area contributed by atoms with Gasteiger partial charge in [0.15, 0.2) is 5.69 Å². The molecule has 0 atom stereocenters. The summed E-state index contributed by atoms with van der Waals surface area (Å²) in [6, 6.07) is 2.80. The van der Waals surface area contributed by atoms with E-state index in [-0.39, 0.29) is 16.3 Å². The van der Waals surface area contributed by atoms with Crippen molar-refractivity contribution >= 4 is 21.6 Å². The minimum Gasteiger partial charge on any atom is -0.318 e. The molecule has 0 aliphatic carbocycles. The number of nitrogens with two attached hydrogens (primary N) is 1. The number of nitrogens with zero attached hydrogens (tertiary/aromatic N) is 2.